The summed E-state index contributed by atoms with van der Waals surface area (Å²) in [6.07, 6.45) is -14.7. The average Bonchev–Trinajstić information content (AvgIpc) is 3.13. The third-order valence-corrected chi connectivity index (χ3v) is 6.50. The average molecular weight is 544 g/mol. The molecule has 1 amide bonds. The third kappa shape index (κ3) is 4.84. The van der Waals surface area contributed by atoms with Crippen LogP contribution >= 0.6 is 11.3 Å². The van der Waals surface area contributed by atoms with Crippen LogP contribution in [-0.2, 0) is 7.05 Å². The summed E-state index contributed by atoms with van der Waals surface area (Å²) in [4.78, 5) is 12.9. The maximum atomic E-state index is 13.7. The zero-order valence-electron chi connectivity index (χ0n) is 18.8. The molecule has 0 bridgehead atoms. The fraction of sp³-hybridized carbons (Fsp3) is 0.381. The van der Waals surface area contributed by atoms with Crippen LogP contribution in [-0.4, -0.2) is 44.8 Å². The lowest BCUT2D eigenvalue weighted by molar-refractivity contribution is -0.305. The number of alkyl halides is 6. The smallest absolute Gasteiger partial charge is 0.410 e. The molecule has 1 aliphatic carbocycles. The molecule has 9 nitrogen and oxygen atoms in total. The first-order valence-corrected chi connectivity index (χ1v) is 11.1. The fourth-order valence-corrected chi connectivity index (χ4v) is 4.27. The normalized spacial score (nSPS) is 15.5. The van der Waals surface area contributed by atoms with Crippen LogP contribution in [0.2, 0.25) is 0 Å². The van der Waals surface area contributed by atoms with Crippen LogP contribution in [0.15, 0.2) is 16.7 Å². The highest BCUT2D eigenvalue weighted by Crippen LogP contribution is 2.40. The van der Waals surface area contributed by atoms with Crippen molar-refractivity contribution in [3.63, 3.8) is 0 Å². The van der Waals surface area contributed by atoms with Crippen molar-refractivity contribution in [2.24, 2.45) is 7.05 Å². The SMILES string of the molecule is Cc1c(OC(F)(F)C(F)C(F)(F)F)nn(C)c1-c1cc(-c2cc(C(=O)NC3(C#N)CC3)c(C#N)s2)on1. The van der Waals surface area contributed by atoms with E-state index >= 15 is 0 Å². The van der Waals surface area contributed by atoms with Crippen LogP contribution in [0.25, 0.3) is 22.0 Å². The second kappa shape index (κ2) is 8.81. The number of carbonyl (C=O) groups is 1. The largest absolute Gasteiger partial charge is 0.440 e. The summed E-state index contributed by atoms with van der Waals surface area (Å²) in [5.41, 5.74) is -1.09. The predicted octanol–water partition coefficient (Wildman–Crippen LogP) is 4.64. The Hall–Kier alpha value is -4.05. The van der Waals surface area contributed by atoms with Gasteiger partial charge in [0.05, 0.1) is 22.2 Å². The van der Waals surface area contributed by atoms with Gasteiger partial charge in [-0.2, -0.15) is 32.5 Å². The Bertz CT molecular complexity index is 1460. The fourth-order valence-electron chi connectivity index (χ4n) is 3.37. The van der Waals surface area contributed by atoms with Gasteiger partial charge >= 0.3 is 12.3 Å². The lowest BCUT2D eigenvalue weighted by Gasteiger charge is -2.22. The van der Waals surface area contributed by atoms with E-state index in [1.165, 1.54) is 26.1 Å². The molecule has 0 aliphatic heterocycles. The molecule has 0 saturated heterocycles. The number of nitrogens with one attached hydrogen (secondary N) is 1. The van der Waals surface area contributed by atoms with Gasteiger partial charge in [-0.25, -0.2) is 4.39 Å². The molecule has 194 valence electrons. The van der Waals surface area contributed by atoms with Crippen molar-refractivity contribution in [2.45, 2.75) is 43.8 Å². The van der Waals surface area contributed by atoms with E-state index in [9.17, 15) is 36.4 Å². The molecule has 1 aliphatic rings. The van der Waals surface area contributed by atoms with Gasteiger partial charge in [-0.1, -0.05) is 5.16 Å². The van der Waals surface area contributed by atoms with Gasteiger partial charge in [-0.05, 0) is 25.8 Å². The van der Waals surface area contributed by atoms with E-state index in [-0.39, 0.29) is 33.2 Å². The molecule has 4 rings (SSSR count). The highest BCUT2D eigenvalue weighted by atomic mass is 32.1. The highest BCUT2D eigenvalue weighted by molar-refractivity contribution is 7.16. The highest BCUT2D eigenvalue weighted by Gasteiger charge is 2.59. The van der Waals surface area contributed by atoms with Crippen LogP contribution in [0.5, 0.6) is 5.88 Å². The first-order chi connectivity index (χ1) is 17.2. The number of thiophene rings is 1. The van der Waals surface area contributed by atoms with E-state index in [1.807, 2.05) is 12.1 Å². The zero-order valence-corrected chi connectivity index (χ0v) is 19.6. The molecule has 37 heavy (non-hydrogen) atoms. The lowest BCUT2D eigenvalue weighted by Crippen LogP contribution is -2.45. The summed E-state index contributed by atoms with van der Waals surface area (Å²) in [5.74, 6) is -1.49. The summed E-state index contributed by atoms with van der Waals surface area (Å²) in [5, 5.41) is 28.6. The van der Waals surface area contributed by atoms with E-state index < -0.39 is 35.8 Å². The number of nitrogens with zero attached hydrogens (tertiary/aromatic N) is 5. The molecule has 1 unspecified atom stereocenters. The van der Waals surface area contributed by atoms with Crippen molar-refractivity contribution in [3.8, 4) is 40.0 Å². The molecule has 1 N–H and O–H groups in total. The number of hydrogen-bond acceptors (Lipinski definition) is 8. The molecule has 3 aromatic rings. The number of ether oxygens (including phenoxy) is 1. The van der Waals surface area contributed by atoms with Crippen molar-refractivity contribution in [1.29, 1.82) is 10.5 Å². The molecule has 1 fully saturated rings. The Labute approximate surface area is 207 Å². The lowest BCUT2D eigenvalue weighted by atomic mass is 10.1. The zero-order chi connectivity index (χ0) is 27.3. The number of nitriles is 2. The summed E-state index contributed by atoms with van der Waals surface area (Å²) in [6.45, 7) is 1.20. The number of carbonyl (C=O) groups excluding carboxylic acids is 1. The van der Waals surface area contributed by atoms with Gasteiger partial charge in [0.25, 0.3) is 12.1 Å². The van der Waals surface area contributed by atoms with Crippen LogP contribution in [0.3, 0.4) is 0 Å². The van der Waals surface area contributed by atoms with E-state index in [4.69, 9.17) is 9.78 Å². The summed E-state index contributed by atoms with van der Waals surface area (Å²) in [6, 6.07) is 6.59. The monoisotopic (exact) mass is 544 g/mol. The molecular weight excluding hydrogens is 530 g/mol. The Morgan fingerprint density at radius 2 is 1.97 bits per heavy atom. The number of aromatic nitrogens is 3. The van der Waals surface area contributed by atoms with Gasteiger partial charge in [-0.15, -0.1) is 16.4 Å². The number of amides is 1. The van der Waals surface area contributed by atoms with Crippen LogP contribution < -0.4 is 10.1 Å². The maximum absolute atomic E-state index is 13.7. The Morgan fingerprint density at radius 3 is 2.54 bits per heavy atom. The minimum Gasteiger partial charge on any atom is -0.410 e. The van der Waals surface area contributed by atoms with Crippen molar-refractivity contribution in [3.05, 3.63) is 28.1 Å². The van der Waals surface area contributed by atoms with E-state index in [2.05, 4.69) is 20.3 Å². The van der Waals surface area contributed by atoms with E-state index in [0.717, 1.165) is 16.0 Å². The number of halogens is 6. The standard InChI is InChI=1S/C21H14F6N6O3S/c1-9-15(33(2)31-17(9)35-21(26,27)18(22)20(23,24)25)11-6-12(36-32-11)13-5-10(14(7-28)37-13)16(34)30-19(8-29)3-4-19/h5-6,18H,3-4H2,1-2H3,(H,30,34). The predicted molar refractivity (Wildman–Crippen MR) is 113 cm³/mol. The molecule has 0 spiro atoms. The Balaban J connectivity index is 1.61. The van der Waals surface area contributed by atoms with Gasteiger partial charge in [0.15, 0.2) is 5.76 Å². The second-order valence-corrected chi connectivity index (χ2v) is 9.21. The molecule has 16 heteroatoms. The minimum atomic E-state index is -5.86. The van der Waals surface area contributed by atoms with Gasteiger partial charge in [-0.3, -0.25) is 9.48 Å². The van der Waals surface area contributed by atoms with Gasteiger partial charge in [0.2, 0.25) is 5.88 Å². The molecule has 1 atom stereocenters. The molecule has 0 radical (unpaired) electrons. The minimum absolute atomic E-state index is 0.00705. The van der Waals surface area contributed by atoms with E-state index in [0.29, 0.717) is 17.7 Å². The number of rotatable bonds is 7. The Kier molecular flexibility index (Phi) is 6.19. The molecule has 3 aromatic heterocycles. The quantitative estimate of drug-likeness (QED) is 0.429. The molecule has 3 heterocycles. The first kappa shape index (κ1) is 26.0. The Morgan fingerprint density at radius 1 is 1.30 bits per heavy atom. The molecule has 0 aromatic carbocycles. The maximum Gasteiger partial charge on any atom is 0.440 e. The summed E-state index contributed by atoms with van der Waals surface area (Å²) >= 11 is 0.897. The summed E-state index contributed by atoms with van der Waals surface area (Å²) in [7, 11) is 1.27. The van der Waals surface area contributed by atoms with Crippen LogP contribution in [0, 0.1) is 29.6 Å². The van der Waals surface area contributed by atoms with E-state index in [1.54, 1.807) is 0 Å². The van der Waals surface area contributed by atoms with Crippen LogP contribution in [0.1, 0.15) is 33.6 Å². The van der Waals surface area contributed by atoms with Gasteiger partial charge in [0.1, 0.15) is 22.2 Å². The second-order valence-electron chi connectivity index (χ2n) is 8.16. The van der Waals surface area contributed by atoms with Crippen molar-refractivity contribution >= 4 is 17.2 Å². The van der Waals surface area contributed by atoms with Crippen LogP contribution in [0.4, 0.5) is 26.3 Å². The summed E-state index contributed by atoms with van der Waals surface area (Å²) < 4.78 is 88.2. The molecular formula is C21H14F6N6O3S. The number of hydrogen-bond donors (Lipinski definition) is 1. The van der Waals surface area contributed by atoms with Gasteiger partial charge < -0.3 is 14.6 Å². The van der Waals surface area contributed by atoms with Crippen molar-refractivity contribution in [2.75, 3.05) is 0 Å². The topological polar surface area (TPSA) is 130 Å². The third-order valence-electron chi connectivity index (χ3n) is 5.45. The first-order valence-electron chi connectivity index (χ1n) is 10.3. The van der Waals surface area contributed by atoms with Gasteiger partial charge in [0, 0.05) is 18.7 Å². The van der Waals surface area contributed by atoms with Crippen molar-refractivity contribution in [1.82, 2.24) is 20.3 Å². The molecule has 1 saturated carbocycles. The van der Waals surface area contributed by atoms with Crippen molar-refractivity contribution < 1.29 is 40.4 Å². The number of aryl methyl sites for hydroxylation is 1.